The maximum Gasteiger partial charge on any atom is 0.416 e. The molecule has 1 aromatic carbocycles. The molecular formula is C29H35F3N4O3. The van der Waals surface area contributed by atoms with Crippen LogP contribution in [0.4, 0.5) is 13.2 Å². The second kappa shape index (κ2) is 9.64. The van der Waals surface area contributed by atoms with Gasteiger partial charge in [-0.15, -0.1) is 0 Å². The monoisotopic (exact) mass is 544 g/mol. The Morgan fingerprint density at radius 1 is 1.05 bits per heavy atom. The predicted molar refractivity (Wildman–Crippen MR) is 137 cm³/mol. The van der Waals surface area contributed by atoms with Crippen LogP contribution < -0.4 is 0 Å². The first-order valence-electron chi connectivity index (χ1n) is 14.1. The Morgan fingerprint density at radius 2 is 1.72 bits per heavy atom. The van der Waals surface area contributed by atoms with Crippen LogP contribution in [0.1, 0.15) is 82.9 Å². The lowest BCUT2D eigenvalue weighted by Crippen LogP contribution is -2.41. The van der Waals surface area contributed by atoms with Crippen LogP contribution in [0.25, 0.3) is 0 Å². The van der Waals surface area contributed by atoms with Crippen molar-refractivity contribution in [2.24, 2.45) is 11.8 Å². The van der Waals surface area contributed by atoms with Crippen molar-refractivity contribution >= 4 is 11.8 Å². The predicted octanol–water partition coefficient (Wildman–Crippen LogP) is 4.12. The number of amides is 2. The number of nitrogens with zero attached hydrogens (tertiary/aromatic N) is 4. The Kier molecular flexibility index (Phi) is 6.51. The van der Waals surface area contributed by atoms with Gasteiger partial charge in [0.2, 0.25) is 5.91 Å². The molecule has 2 amide bonds. The van der Waals surface area contributed by atoms with Crippen molar-refractivity contribution in [1.29, 1.82) is 0 Å². The van der Waals surface area contributed by atoms with Crippen LogP contribution in [0.3, 0.4) is 0 Å². The Hall–Kier alpha value is -2.88. The third-order valence-electron chi connectivity index (χ3n) is 9.63. The molecule has 3 unspecified atom stereocenters. The molecule has 7 nitrogen and oxygen atoms in total. The van der Waals surface area contributed by atoms with Crippen LogP contribution >= 0.6 is 0 Å². The van der Waals surface area contributed by atoms with Crippen molar-refractivity contribution in [3.05, 3.63) is 51.8 Å². The molecule has 1 aromatic heterocycles. The summed E-state index contributed by atoms with van der Waals surface area (Å²) in [7, 11) is 0. The summed E-state index contributed by atoms with van der Waals surface area (Å²) in [4.78, 5) is 30.3. The van der Waals surface area contributed by atoms with Gasteiger partial charge in [0.05, 0.1) is 11.7 Å². The number of rotatable bonds is 4. The highest BCUT2D eigenvalue weighted by Crippen LogP contribution is 2.62. The number of halogens is 3. The van der Waals surface area contributed by atoms with Gasteiger partial charge in [0, 0.05) is 37.4 Å². The van der Waals surface area contributed by atoms with Gasteiger partial charge in [-0.05, 0) is 79.9 Å². The van der Waals surface area contributed by atoms with Crippen molar-refractivity contribution in [3.63, 3.8) is 0 Å². The molecule has 3 atom stereocenters. The molecule has 2 saturated heterocycles. The maximum atomic E-state index is 13.4. The zero-order chi connectivity index (χ0) is 27.6. The van der Waals surface area contributed by atoms with Gasteiger partial charge in [-0.1, -0.05) is 19.1 Å². The molecule has 210 valence electrons. The van der Waals surface area contributed by atoms with Crippen molar-refractivity contribution < 1.29 is 27.9 Å². The van der Waals surface area contributed by atoms with Crippen molar-refractivity contribution in [2.45, 2.75) is 76.6 Å². The van der Waals surface area contributed by atoms with E-state index in [2.05, 4.69) is 12.0 Å². The summed E-state index contributed by atoms with van der Waals surface area (Å²) < 4.78 is 41.9. The largest absolute Gasteiger partial charge is 0.416 e. The lowest BCUT2D eigenvalue weighted by atomic mass is 9.85. The number of likely N-dealkylation sites (tertiary alicyclic amines) is 2. The normalized spacial score (nSPS) is 25.5. The van der Waals surface area contributed by atoms with E-state index in [4.69, 9.17) is 0 Å². The fourth-order valence-corrected chi connectivity index (χ4v) is 7.21. The number of carbonyl (C=O) groups is 2. The first kappa shape index (κ1) is 26.3. The summed E-state index contributed by atoms with van der Waals surface area (Å²) in [6.45, 7) is 5.76. The number of hydrogen-bond acceptors (Lipinski definition) is 4. The van der Waals surface area contributed by atoms with Gasteiger partial charge >= 0.3 is 6.18 Å². The number of alkyl halides is 3. The van der Waals surface area contributed by atoms with Crippen LogP contribution in [-0.2, 0) is 23.9 Å². The Balaban J connectivity index is 1.15. The summed E-state index contributed by atoms with van der Waals surface area (Å²) >= 11 is 0. The zero-order valence-electron chi connectivity index (χ0n) is 22.4. The SMILES string of the molecule is Cc1c(C2CCN(C(=O)Cn3nc(C(=O)N4CCC(O)CC4)c4c3CC3C(C)C43)CC2)cccc1C(F)(F)F. The van der Waals surface area contributed by atoms with E-state index in [1.54, 1.807) is 20.5 Å². The fourth-order valence-electron chi connectivity index (χ4n) is 7.21. The van der Waals surface area contributed by atoms with Crippen LogP contribution in [0.2, 0.25) is 0 Å². The lowest BCUT2D eigenvalue weighted by molar-refractivity contribution is -0.138. The summed E-state index contributed by atoms with van der Waals surface area (Å²) in [6, 6.07) is 4.36. The van der Waals surface area contributed by atoms with Crippen LogP contribution in [-0.4, -0.2) is 68.8 Å². The van der Waals surface area contributed by atoms with E-state index in [1.807, 2.05) is 0 Å². The molecule has 39 heavy (non-hydrogen) atoms. The smallest absolute Gasteiger partial charge is 0.393 e. The number of hydrogen-bond donors (Lipinski definition) is 1. The van der Waals surface area contributed by atoms with Gasteiger partial charge in [0.25, 0.3) is 5.91 Å². The molecule has 0 radical (unpaired) electrons. The fraction of sp³-hybridized carbons (Fsp3) is 0.621. The second-order valence-corrected chi connectivity index (χ2v) is 11.8. The number of aromatic nitrogens is 2. The highest BCUT2D eigenvalue weighted by molar-refractivity contribution is 5.95. The lowest BCUT2D eigenvalue weighted by Gasteiger charge is -2.33. The van der Waals surface area contributed by atoms with E-state index >= 15 is 0 Å². The summed E-state index contributed by atoms with van der Waals surface area (Å²) in [5.74, 6) is 1.13. The van der Waals surface area contributed by atoms with Gasteiger partial charge in [-0.3, -0.25) is 14.3 Å². The molecule has 0 spiro atoms. The standard InChI is InChI=1S/C29H35F3N4O3/c1-16-20(4-3-5-22(16)29(30,31)32)18-6-10-34(11-7-18)24(38)15-36-23-14-21-17(2)25(21)26(23)27(33-36)28(39)35-12-8-19(37)9-13-35/h3-5,17-19,21,25,37H,6-15H2,1-2H3. The number of piperidine rings is 2. The van der Waals surface area contributed by atoms with Gasteiger partial charge in [-0.25, -0.2) is 0 Å². The highest BCUT2D eigenvalue weighted by atomic mass is 19.4. The number of aliphatic hydroxyl groups is 1. The van der Waals surface area contributed by atoms with Crippen molar-refractivity contribution in [1.82, 2.24) is 19.6 Å². The Morgan fingerprint density at radius 3 is 2.38 bits per heavy atom. The quantitative estimate of drug-likeness (QED) is 0.628. The summed E-state index contributed by atoms with van der Waals surface area (Å²) in [6.07, 6.45) is -1.59. The zero-order valence-corrected chi connectivity index (χ0v) is 22.4. The Labute approximate surface area is 226 Å². The molecule has 4 aliphatic rings. The molecule has 0 bridgehead atoms. The first-order chi connectivity index (χ1) is 18.5. The average molecular weight is 545 g/mol. The van der Waals surface area contributed by atoms with Crippen molar-refractivity contribution in [3.8, 4) is 0 Å². The molecule has 10 heteroatoms. The molecule has 2 aliphatic carbocycles. The molecule has 3 fully saturated rings. The number of aliphatic hydroxyl groups excluding tert-OH is 1. The summed E-state index contributed by atoms with van der Waals surface area (Å²) in [5, 5.41) is 14.5. The highest BCUT2D eigenvalue weighted by Gasteiger charge is 2.56. The van der Waals surface area contributed by atoms with E-state index in [1.165, 1.54) is 13.0 Å². The van der Waals surface area contributed by atoms with Crippen LogP contribution in [0.5, 0.6) is 0 Å². The third kappa shape index (κ3) is 4.64. The van der Waals surface area contributed by atoms with E-state index in [0.717, 1.165) is 23.7 Å². The summed E-state index contributed by atoms with van der Waals surface area (Å²) in [5.41, 5.74) is 2.86. The van der Waals surface area contributed by atoms with Crippen LogP contribution in [0, 0.1) is 18.8 Å². The minimum absolute atomic E-state index is 0.0221. The Bertz CT molecular complexity index is 1290. The molecule has 2 aliphatic heterocycles. The first-order valence-corrected chi connectivity index (χ1v) is 14.1. The van der Waals surface area contributed by atoms with E-state index in [-0.39, 0.29) is 35.9 Å². The molecule has 2 aromatic rings. The molecule has 3 heterocycles. The van der Waals surface area contributed by atoms with Crippen LogP contribution in [0.15, 0.2) is 18.2 Å². The average Bonchev–Trinajstić information content (AvgIpc) is 3.21. The number of carbonyl (C=O) groups excluding carboxylic acids is 2. The maximum absolute atomic E-state index is 13.4. The van der Waals surface area contributed by atoms with Gasteiger partial charge < -0.3 is 14.9 Å². The second-order valence-electron chi connectivity index (χ2n) is 11.8. The van der Waals surface area contributed by atoms with Crippen molar-refractivity contribution in [2.75, 3.05) is 26.2 Å². The molecular weight excluding hydrogens is 509 g/mol. The third-order valence-corrected chi connectivity index (χ3v) is 9.63. The topological polar surface area (TPSA) is 78.7 Å². The minimum atomic E-state index is -4.38. The van der Waals surface area contributed by atoms with E-state index in [0.29, 0.717) is 80.9 Å². The number of fused-ring (bicyclic) bond motifs is 3. The molecule has 1 N–H and O–H groups in total. The number of benzene rings is 1. The molecule has 1 saturated carbocycles. The van der Waals surface area contributed by atoms with Gasteiger partial charge in [0.1, 0.15) is 6.54 Å². The minimum Gasteiger partial charge on any atom is -0.393 e. The van der Waals surface area contributed by atoms with E-state index < -0.39 is 11.7 Å². The van der Waals surface area contributed by atoms with E-state index in [9.17, 15) is 27.9 Å². The molecule has 6 rings (SSSR count). The van der Waals surface area contributed by atoms with Gasteiger partial charge in [0.15, 0.2) is 5.69 Å². The van der Waals surface area contributed by atoms with Gasteiger partial charge in [-0.2, -0.15) is 18.3 Å².